The Morgan fingerprint density at radius 3 is 2.83 bits per heavy atom. The Kier molecular flexibility index (Phi) is 5.04. The molecule has 3 aromatic rings. The van der Waals surface area contributed by atoms with Gasteiger partial charge >= 0.3 is 0 Å². The van der Waals surface area contributed by atoms with Crippen molar-refractivity contribution in [2.24, 2.45) is 0 Å². The molecule has 1 amide bonds. The first-order chi connectivity index (χ1) is 14.3. The highest BCUT2D eigenvalue weighted by molar-refractivity contribution is 7.07. The number of carbonyl (C=O) groups excluding carboxylic acids is 1. The number of fused-ring (bicyclic) bond motifs is 2. The summed E-state index contributed by atoms with van der Waals surface area (Å²) in [5, 5.41) is 1.81. The molecule has 5 rings (SSSR count). The van der Waals surface area contributed by atoms with E-state index in [0.29, 0.717) is 25.4 Å². The minimum absolute atomic E-state index is 0.0271. The van der Waals surface area contributed by atoms with Gasteiger partial charge in [-0.2, -0.15) is 0 Å². The summed E-state index contributed by atoms with van der Waals surface area (Å²) in [6, 6.07) is 15.1. The number of nitrogens with zero attached hydrogens (tertiary/aromatic N) is 3. The van der Waals surface area contributed by atoms with E-state index in [1.165, 1.54) is 28.0 Å². The Hall–Kier alpha value is -2.70. The molecule has 2 aliphatic heterocycles. The van der Waals surface area contributed by atoms with Crippen LogP contribution in [0.3, 0.4) is 0 Å². The summed E-state index contributed by atoms with van der Waals surface area (Å²) in [7, 11) is 0. The Labute approximate surface area is 174 Å². The van der Waals surface area contributed by atoms with Crippen LogP contribution in [0, 0.1) is 0 Å². The maximum absolute atomic E-state index is 12.7. The highest BCUT2D eigenvalue weighted by Crippen LogP contribution is 2.27. The Bertz CT molecular complexity index is 1020. The third-order valence-corrected chi connectivity index (χ3v) is 6.25. The molecule has 2 aliphatic rings. The third-order valence-electron chi connectivity index (χ3n) is 5.66. The summed E-state index contributed by atoms with van der Waals surface area (Å²) in [5.74, 6) is 0.854. The molecule has 0 unspecified atom stereocenters. The molecule has 6 heteroatoms. The minimum atomic E-state index is -0.0271. The second-order valence-corrected chi connectivity index (χ2v) is 8.34. The first kappa shape index (κ1) is 18.3. The van der Waals surface area contributed by atoms with Gasteiger partial charge in [0, 0.05) is 37.1 Å². The predicted molar refractivity (Wildman–Crippen MR) is 113 cm³/mol. The lowest BCUT2D eigenvalue weighted by atomic mass is 9.99. The van der Waals surface area contributed by atoms with E-state index in [2.05, 4.69) is 52.3 Å². The smallest absolute Gasteiger partial charge is 0.273 e. The molecule has 148 valence electrons. The summed E-state index contributed by atoms with van der Waals surface area (Å²) in [5.41, 5.74) is 7.44. The molecule has 0 saturated carbocycles. The van der Waals surface area contributed by atoms with Crippen molar-refractivity contribution < 1.29 is 9.53 Å². The highest BCUT2D eigenvalue weighted by Gasteiger charge is 2.23. The molecule has 3 heterocycles. The molecule has 5 nitrogen and oxygen atoms in total. The second kappa shape index (κ2) is 7.97. The maximum atomic E-state index is 12.7. The molecular formula is C23H23N3O2S. The van der Waals surface area contributed by atoms with E-state index in [-0.39, 0.29) is 5.91 Å². The van der Waals surface area contributed by atoms with Crippen LogP contribution >= 0.6 is 11.3 Å². The summed E-state index contributed by atoms with van der Waals surface area (Å²) >= 11 is 1.44. The van der Waals surface area contributed by atoms with Gasteiger partial charge < -0.3 is 9.64 Å². The first-order valence-electron chi connectivity index (χ1n) is 9.97. The van der Waals surface area contributed by atoms with Gasteiger partial charge in [0.1, 0.15) is 18.1 Å². The van der Waals surface area contributed by atoms with Crippen LogP contribution in [0.5, 0.6) is 5.75 Å². The van der Waals surface area contributed by atoms with Gasteiger partial charge in [-0.05, 0) is 35.2 Å². The average molecular weight is 406 g/mol. The van der Waals surface area contributed by atoms with Gasteiger partial charge in [0.15, 0.2) is 0 Å². The lowest BCUT2D eigenvalue weighted by molar-refractivity contribution is 0.0728. The number of thiazole rings is 1. The molecule has 0 bridgehead atoms. The van der Waals surface area contributed by atoms with Gasteiger partial charge in [0.05, 0.1) is 12.1 Å². The molecule has 0 aliphatic carbocycles. The minimum Gasteiger partial charge on any atom is -0.491 e. The highest BCUT2D eigenvalue weighted by atomic mass is 32.1. The largest absolute Gasteiger partial charge is 0.491 e. The van der Waals surface area contributed by atoms with Gasteiger partial charge in [-0.1, -0.05) is 30.3 Å². The fraction of sp³-hybridized carbons (Fsp3) is 0.304. The number of carbonyl (C=O) groups is 1. The summed E-state index contributed by atoms with van der Waals surface area (Å²) in [4.78, 5) is 21.2. The molecule has 0 fully saturated rings. The molecule has 0 spiro atoms. The van der Waals surface area contributed by atoms with E-state index in [9.17, 15) is 4.79 Å². The fourth-order valence-electron chi connectivity index (χ4n) is 4.15. The van der Waals surface area contributed by atoms with Crippen LogP contribution in [0.25, 0.3) is 0 Å². The van der Waals surface area contributed by atoms with Crippen molar-refractivity contribution in [1.29, 1.82) is 0 Å². The van der Waals surface area contributed by atoms with Gasteiger partial charge in [-0.3, -0.25) is 9.69 Å². The van der Waals surface area contributed by atoms with Crippen LogP contribution in [0.15, 0.2) is 53.4 Å². The molecule has 2 aromatic carbocycles. The molecule has 0 atom stereocenters. The van der Waals surface area contributed by atoms with Crippen molar-refractivity contribution in [3.05, 3.63) is 81.3 Å². The maximum Gasteiger partial charge on any atom is 0.273 e. The zero-order valence-corrected chi connectivity index (χ0v) is 17.0. The van der Waals surface area contributed by atoms with E-state index in [4.69, 9.17) is 4.74 Å². The monoisotopic (exact) mass is 405 g/mol. The number of rotatable bonds is 3. The van der Waals surface area contributed by atoms with Crippen LogP contribution in [0.4, 0.5) is 0 Å². The number of aromatic nitrogens is 1. The Balaban J connectivity index is 1.32. The van der Waals surface area contributed by atoms with Gasteiger partial charge in [-0.25, -0.2) is 4.98 Å². The summed E-state index contributed by atoms with van der Waals surface area (Å²) in [6.07, 6.45) is 1.10. The van der Waals surface area contributed by atoms with Gasteiger partial charge in [0.25, 0.3) is 5.91 Å². The van der Waals surface area contributed by atoms with Crippen molar-refractivity contribution in [2.75, 3.05) is 19.7 Å². The Morgan fingerprint density at radius 1 is 1.07 bits per heavy atom. The quantitative estimate of drug-likeness (QED) is 0.666. The summed E-state index contributed by atoms with van der Waals surface area (Å²) in [6.45, 7) is 4.59. The van der Waals surface area contributed by atoms with E-state index in [1.54, 1.807) is 10.9 Å². The number of amides is 1. The van der Waals surface area contributed by atoms with E-state index in [1.807, 2.05) is 4.90 Å². The molecule has 0 radical (unpaired) electrons. The summed E-state index contributed by atoms with van der Waals surface area (Å²) < 4.78 is 5.91. The third kappa shape index (κ3) is 3.91. The van der Waals surface area contributed by atoms with Gasteiger partial charge in [0.2, 0.25) is 0 Å². The SMILES string of the molecule is O=C(c1cscn1)N1CCOc2ccc(CN3CCc4ccccc4C3)cc2C1. The van der Waals surface area contributed by atoms with Crippen LogP contribution in [-0.2, 0) is 26.1 Å². The topological polar surface area (TPSA) is 45.7 Å². The van der Waals surface area contributed by atoms with Crippen molar-refractivity contribution >= 4 is 17.2 Å². The van der Waals surface area contributed by atoms with Crippen molar-refractivity contribution in [2.45, 2.75) is 26.1 Å². The van der Waals surface area contributed by atoms with Crippen LogP contribution < -0.4 is 4.74 Å². The molecular weight excluding hydrogens is 382 g/mol. The number of ether oxygens (including phenoxy) is 1. The number of hydrogen-bond donors (Lipinski definition) is 0. The zero-order valence-electron chi connectivity index (χ0n) is 16.2. The number of hydrogen-bond acceptors (Lipinski definition) is 5. The zero-order chi connectivity index (χ0) is 19.6. The lowest BCUT2D eigenvalue weighted by Gasteiger charge is -2.29. The number of benzene rings is 2. The average Bonchev–Trinajstić information content (AvgIpc) is 3.20. The van der Waals surface area contributed by atoms with Crippen molar-refractivity contribution in [3.8, 4) is 5.75 Å². The first-order valence-corrected chi connectivity index (χ1v) is 10.9. The van der Waals surface area contributed by atoms with Crippen LogP contribution in [0.2, 0.25) is 0 Å². The van der Waals surface area contributed by atoms with E-state index in [0.717, 1.165) is 37.4 Å². The standard InChI is InChI=1S/C23H23N3O2S/c27-23(21-15-29-16-24-21)26-9-10-28-22-6-5-17(11-20(22)14-26)12-25-8-7-18-3-1-2-4-19(18)13-25/h1-6,11,15-16H,7-10,12-14H2. The second-order valence-electron chi connectivity index (χ2n) is 7.62. The normalized spacial score (nSPS) is 16.5. The van der Waals surface area contributed by atoms with Crippen molar-refractivity contribution in [3.63, 3.8) is 0 Å². The molecule has 29 heavy (non-hydrogen) atoms. The molecule has 0 N–H and O–H groups in total. The Morgan fingerprint density at radius 2 is 1.97 bits per heavy atom. The predicted octanol–water partition coefficient (Wildman–Crippen LogP) is 3.74. The van der Waals surface area contributed by atoms with E-state index >= 15 is 0 Å². The van der Waals surface area contributed by atoms with Crippen LogP contribution in [0.1, 0.15) is 32.7 Å². The van der Waals surface area contributed by atoms with Gasteiger partial charge in [-0.15, -0.1) is 11.3 Å². The lowest BCUT2D eigenvalue weighted by Crippen LogP contribution is -2.32. The van der Waals surface area contributed by atoms with Crippen molar-refractivity contribution in [1.82, 2.24) is 14.8 Å². The molecule has 1 aromatic heterocycles. The molecule has 0 saturated heterocycles. The van der Waals surface area contributed by atoms with Crippen LogP contribution in [-0.4, -0.2) is 40.4 Å². The fourth-order valence-corrected chi connectivity index (χ4v) is 4.67. The van der Waals surface area contributed by atoms with E-state index < -0.39 is 0 Å².